The molecule has 0 radical (unpaired) electrons. The van der Waals surface area contributed by atoms with Crippen LogP contribution in [0.1, 0.15) is 18.9 Å². The van der Waals surface area contributed by atoms with Crippen molar-refractivity contribution in [2.75, 3.05) is 11.1 Å². The van der Waals surface area contributed by atoms with Crippen LogP contribution in [0.25, 0.3) is 21.6 Å². The molecule has 0 saturated heterocycles. The second-order valence-corrected chi connectivity index (χ2v) is 8.81. The lowest BCUT2D eigenvalue weighted by molar-refractivity contribution is -0.113. The van der Waals surface area contributed by atoms with Crippen molar-refractivity contribution < 1.29 is 18.0 Å². The number of pyridine rings is 1. The zero-order valence-corrected chi connectivity index (χ0v) is 17.3. The van der Waals surface area contributed by atoms with Gasteiger partial charge in [0.2, 0.25) is 5.91 Å². The maximum absolute atomic E-state index is 13.8. The minimum Gasteiger partial charge on any atom is -0.301 e. The molecule has 1 aliphatic rings. The Labute approximate surface area is 181 Å². The Morgan fingerprint density at radius 1 is 1.26 bits per heavy atom. The number of nitrogens with zero attached hydrogens (tertiary/aromatic N) is 5. The van der Waals surface area contributed by atoms with Crippen molar-refractivity contribution in [2.45, 2.75) is 24.0 Å². The fraction of sp³-hybridized carbons (Fsp3) is 0.211. The van der Waals surface area contributed by atoms with Gasteiger partial charge in [-0.15, -0.1) is 10.2 Å². The number of carbonyl (C=O) groups is 1. The smallest absolute Gasteiger partial charge is 0.236 e. The van der Waals surface area contributed by atoms with Crippen LogP contribution in [0.5, 0.6) is 0 Å². The quantitative estimate of drug-likeness (QED) is 0.337. The van der Waals surface area contributed by atoms with Crippen LogP contribution in [-0.2, 0) is 4.79 Å². The highest BCUT2D eigenvalue weighted by Gasteiger charge is 2.30. The first-order valence-corrected chi connectivity index (χ1v) is 11.0. The first-order chi connectivity index (χ1) is 15.0. The number of thiazole rings is 1. The van der Waals surface area contributed by atoms with Crippen molar-refractivity contribution in [3.8, 4) is 11.4 Å². The number of amides is 1. The topological polar surface area (TPSA) is 85.6 Å². The van der Waals surface area contributed by atoms with Crippen molar-refractivity contribution in [2.24, 2.45) is 0 Å². The number of hydrogen-bond donors (Lipinski definition) is 1. The van der Waals surface area contributed by atoms with Gasteiger partial charge in [-0.2, -0.15) is 0 Å². The van der Waals surface area contributed by atoms with E-state index in [2.05, 4.69) is 25.5 Å². The van der Waals surface area contributed by atoms with Crippen molar-refractivity contribution in [3.63, 3.8) is 0 Å². The number of rotatable bonds is 6. The van der Waals surface area contributed by atoms with Crippen LogP contribution in [0.2, 0.25) is 0 Å². The van der Waals surface area contributed by atoms with Crippen LogP contribution in [0.3, 0.4) is 0 Å². The van der Waals surface area contributed by atoms with Gasteiger partial charge in [-0.1, -0.05) is 23.1 Å². The van der Waals surface area contributed by atoms with E-state index < -0.39 is 23.4 Å². The summed E-state index contributed by atoms with van der Waals surface area (Å²) in [6, 6.07) is 4.86. The maximum Gasteiger partial charge on any atom is 0.236 e. The molecule has 1 aliphatic carbocycles. The van der Waals surface area contributed by atoms with Gasteiger partial charge < -0.3 is 5.32 Å². The van der Waals surface area contributed by atoms with Gasteiger partial charge in [0.05, 0.1) is 10.5 Å². The van der Waals surface area contributed by atoms with Gasteiger partial charge in [0.1, 0.15) is 5.52 Å². The lowest BCUT2D eigenvalue weighted by Gasteiger charge is -2.08. The Morgan fingerprint density at radius 3 is 2.84 bits per heavy atom. The third kappa shape index (κ3) is 3.88. The largest absolute Gasteiger partial charge is 0.301 e. The van der Waals surface area contributed by atoms with Gasteiger partial charge in [0.25, 0.3) is 0 Å². The number of fused-ring (bicyclic) bond motifs is 1. The average Bonchev–Trinajstić information content (AvgIpc) is 3.39. The molecule has 0 unspecified atom stereocenters. The lowest BCUT2D eigenvalue weighted by Crippen LogP contribution is -2.14. The number of halogens is 3. The first kappa shape index (κ1) is 19.9. The summed E-state index contributed by atoms with van der Waals surface area (Å²) in [5.41, 5.74) is 0.524. The second-order valence-electron chi connectivity index (χ2n) is 6.84. The van der Waals surface area contributed by atoms with Crippen LogP contribution in [-0.4, -0.2) is 36.4 Å². The summed E-state index contributed by atoms with van der Waals surface area (Å²) in [4.78, 5) is 20.4. The highest BCUT2D eigenvalue weighted by atomic mass is 32.2. The number of carbonyl (C=O) groups excluding carboxylic acids is 1. The van der Waals surface area contributed by atoms with Crippen LogP contribution >= 0.6 is 23.1 Å². The van der Waals surface area contributed by atoms with E-state index in [9.17, 15) is 18.0 Å². The molecule has 4 aromatic rings. The second kappa shape index (κ2) is 7.93. The molecule has 1 aromatic carbocycles. The molecule has 3 heterocycles. The Balaban J connectivity index is 1.31. The van der Waals surface area contributed by atoms with Crippen molar-refractivity contribution >= 4 is 44.4 Å². The maximum atomic E-state index is 13.8. The van der Waals surface area contributed by atoms with Gasteiger partial charge in [-0.25, -0.2) is 18.2 Å². The summed E-state index contributed by atoms with van der Waals surface area (Å²) < 4.78 is 42.7. The summed E-state index contributed by atoms with van der Waals surface area (Å²) in [5.74, 6) is -3.95. The normalized spacial score (nSPS) is 13.6. The summed E-state index contributed by atoms with van der Waals surface area (Å²) in [6.07, 6.45) is 5.41. The van der Waals surface area contributed by atoms with Crippen molar-refractivity contribution in [3.05, 3.63) is 48.0 Å². The van der Waals surface area contributed by atoms with Crippen molar-refractivity contribution in [1.82, 2.24) is 24.7 Å². The molecule has 5 rings (SSSR count). The number of aromatic nitrogens is 5. The van der Waals surface area contributed by atoms with E-state index in [4.69, 9.17) is 0 Å². The molecule has 1 amide bonds. The van der Waals surface area contributed by atoms with Crippen LogP contribution in [0.4, 0.5) is 18.3 Å². The fourth-order valence-electron chi connectivity index (χ4n) is 3.04. The highest BCUT2D eigenvalue weighted by Crippen LogP contribution is 2.41. The lowest BCUT2D eigenvalue weighted by atomic mass is 10.3. The van der Waals surface area contributed by atoms with Crippen LogP contribution in [0.15, 0.2) is 35.7 Å². The zero-order chi connectivity index (χ0) is 21.5. The van der Waals surface area contributed by atoms with Crippen LogP contribution < -0.4 is 5.32 Å². The molecular formula is C19H13F3N6OS2. The molecule has 0 bridgehead atoms. The van der Waals surface area contributed by atoms with Gasteiger partial charge in [-0.05, 0) is 31.0 Å². The molecule has 158 valence electrons. The van der Waals surface area contributed by atoms with E-state index >= 15 is 0 Å². The third-order valence-electron chi connectivity index (χ3n) is 4.60. The van der Waals surface area contributed by atoms with E-state index in [0.717, 1.165) is 35.8 Å². The van der Waals surface area contributed by atoms with E-state index in [0.29, 0.717) is 11.0 Å². The van der Waals surface area contributed by atoms with Crippen molar-refractivity contribution in [1.29, 1.82) is 0 Å². The monoisotopic (exact) mass is 462 g/mol. The Kier molecular flexibility index (Phi) is 5.10. The molecule has 1 N–H and O–H groups in total. The summed E-state index contributed by atoms with van der Waals surface area (Å²) in [6.45, 7) is 0. The summed E-state index contributed by atoms with van der Waals surface area (Å²) >= 11 is 2.08. The predicted molar refractivity (Wildman–Crippen MR) is 110 cm³/mol. The fourth-order valence-corrected chi connectivity index (χ4v) is 4.75. The zero-order valence-electron chi connectivity index (χ0n) is 15.7. The van der Waals surface area contributed by atoms with E-state index in [1.807, 2.05) is 16.7 Å². The van der Waals surface area contributed by atoms with E-state index in [-0.39, 0.29) is 27.1 Å². The summed E-state index contributed by atoms with van der Waals surface area (Å²) in [7, 11) is 0. The molecule has 0 atom stereocenters. The molecule has 3 aromatic heterocycles. The van der Waals surface area contributed by atoms with Gasteiger partial charge in [0.15, 0.2) is 33.6 Å². The SMILES string of the molecule is O=C(CSc1nnc(-c2cccnc2)n1C1CC1)Nc1nc2c(F)c(F)c(F)cc2s1. The van der Waals surface area contributed by atoms with E-state index in [1.165, 1.54) is 11.8 Å². The molecule has 0 spiro atoms. The number of benzene rings is 1. The highest BCUT2D eigenvalue weighted by molar-refractivity contribution is 7.99. The Bertz CT molecular complexity index is 1290. The number of hydrogen-bond acceptors (Lipinski definition) is 7. The average molecular weight is 462 g/mol. The van der Waals surface area contributed by atoms with Gasteiger partial charge >= 0.3 is 0 Å². The molecule has 1 fully saturated rings. The predicted octanol–water partition coefficient (Wildman–Crippen LogP) is 4.43. The molecule has 12 heteroatoms. The molecule has 31 heavy (non-hydrogen) atoms. The first-order valence-electron chi connectivity index (χ1n) is 9.23. The molecule has 7 nitrogen and oxygen atoms in total. The van der Waals surface area contributed by atoms with Gasteiger partial charge in [0, 0.05) is 24.0 Å². The Hall–Kier alpha value is -2.99. The molecule has 1 saturated carbocycles. The number of thioether (sulfide) groups is 1. The number of anilines is 1. The molecule has 0 aliphatic heterocycles. The molecular weight excluding hydrogens is 449 g/mol. The minimum absolute atomic E-state index is 0.0129. The summed E-state index contributed by atoms with van der Waals surface area (Å²) in [5, 5.41) is 11.7. The number of nitrogens with one attached hydrogen (secondary N) is 1. The standard InChI is InChI=1S/C19H13F3N6OS2/c20-11-6-12-16(15(22)14(11)21)25-18(31-12)24-13(29)8-30-19-27-26-17(28(19)10-3-4-10)9-2-1-5-23-7-9/h1-2,5-7,10H,3-4,8H2,(H,24,25,29). The van der Waals surface area contributed by atoms with Crippen LogP contribution in [0, 0.1) is 17.5 Å². The Morgan fingerprint density at radius 2 is 2.10 bits per heavy atom. The van der Waals surface area contributed by atoms with E-state index in [1.54, 1.807) is 12.4 Å². The minimum atomic E-state index is -1.59. The van der Waals surface area contributed by atoms with Gasteiger partial charge in [-0.3, -0.25) is 14.3 Å². The third-order valence-corrected chi connectivity index (χ3v) is 6.46.